The van der Waals surface area contributed by atoms with Crippen LogP contribution >= 0.6 is 0 Å². The van der Waals surface area contributed by atoms with E-state index in [0.29, 0.717) is 12.0 Å². The summed E-state index contributed by atoms with van der Waals surface area (Å²) in [7, 11) is 0. The van der Waals surface area contributed by atoms with E-state index in [4.69, 9.17) is 0 Å². The predicted octanol–water partition coefficient (Wildman–Crippen LogP) is 4.37. The van der Waals surface area contributed by atoms with Crippen molar-refractivity contribution in [2.75, 3.05) is 0 Å². The van der Waals surface area contributed by atoms with Crippen molar-refractivity contribution in [2.24, 2.45) is 0 Å². The molecule has 106 valence electrons. The second-order valence-electron chi connectivity index (χ2n) is 5.16. The van der Waals surface area contributed by atoms with Crippen molar-refractivity contribution in [1.82, 2.24) is 0 Å². The number of hydrogen-bond acceptors (Lipinski definition) is 2. The van der Waals surface area contributed by atoms with Crippen LogP contribution in [0.5, 0.6) is 0 Å². The number of benzene rings is 1. The van der Waals surface area contributed by atoms with Crippen LogP contribution in [0.3, 0.4) is 0 Å². The van der Waals surface area contributed by atoms with Crippen molar-refractivity contribution >= 4 is 5.78 Å². The summed E-state index contributed by atoms with van der Waals surface area (Å²) in [5.74, 6) is -0.147. The van der Waals surface area contributed by atoms with Crippen LogP contribution in [-0.4, -0.2) is 17.0 Å². The van der Waals surface area contributed by atoms with E-state index in [1.54, 1.807) is 12.1 Å². The zero-order chi connectivity index (χ0) is 13.9. The Morgan fingerprint density at radius 3 is 2.21 bits per heavy atom. The molecule has 1 N–H and O–H groups in total. The minimum absolute atomic E-state index is 0.147. The molecule has 0 aliphatic rings. The summed E-state index contributed by atoms with van der Waals surface area (Å²) in [6.07, 6.45) is 8.18. The summed E-state index contributed by atoms with van der Waals surface area (Å²) >= 11 is 0. The van der Waals surface area contributed by atoms with Gasteiger partial charge in [-0.25, -0.2) is 0 Å². The van der Waals surface area contributed by atoms with E-state index in [9.17, 15) is 9.90 Å². The smallest absolute Gasteiger partial charge is 0.191 e. The fourth-order valence-electron chi connectivity index (χ4n) is 2.22. The van der Waals surface area contributed by atoms with Crippen LogP contribution in [0.1, 0.15) is 68.6 Å². The standard InChI is InChI=1S/C17H26O2/c1-2-3-4-5-6-7-11-14-16(18)17(19)15-12-9-8-10-13-15/h8-10,12-13,16,18H,2-7,11,14H2,1H3. The molecule has 1 aromatic rings. The Morgan fingerprint density at radius 1 is 1.00 bits per heavy atom. The van der Waals surface area contributed by atoms with Crippen LogP contribution in [0.25, 0.3) is 0 Å². The second-order valence-corrected chi connectivity index (χ2v) is 5.16. The van der Waals surface area contributed by atoms with Crippen LogP contribution in [0, 0.1) is 0 Å². The van der Waals surface area contributed by atoms with Gasteiger partial charge >= 0.3 is 0 Å². The van der Waals surface area contributed by atoms with Gasteiger partial charge in [0, 0.05) is 5.56 Å². The van der Waals surface area contributed by atoms with Gasteiger partial charge in [0.05, 0.1) is 0 Å². The first kappa shape index (κ1) is 15.9. The molecule has 1 atom stereocenters. The molecule has 0 amide bonds. The number of Topliss-reactive ketones (excluding diaryl/α,β-unsaturated/α-hetero) is 1. The second kappa shape index (κ2) is 9.74. The highest BCUT2D eigenvalue weighted by Gasteiger charge is 2.15. The summed E-state index contributed by atoms with van der Waals surface area (Å²) in [6, 6.07) is 9.05. The average molecular weight is 262 g/mol. The van der Waals surface area contributed by atoms with E-state index in [2.05, 4.69) is 6.92 Å². The lowest BCUT2D eigenvalue weighted by Gasteiger charge is -2.09. The number of carbonyl (C=O) groups excluding carboxylic acids is 1. The molecule has 0 saturated heterocycles. The zero-order valence-electron chi connectivity index (χ0n) is 12.0. The topological polar surface area (TPSA) is 37.3 Å². The third kappa shape index (κ3) is 6.53. The molecule has 0 bridgehead atoms. The molecule has 2 heteroatoms. The van der Waals surface area contributed by atoms with Crippen molar-refractivity contribution in [1.29, 1.82) is 0 Å². The van der Waals surface area contributed by atoms with Crippen molar-refractivity contribution < 1.29 is 9.90 Å². The maximum atomic E-state index is 11.9. The number of aliphatic hydroxyl groups is 1. The number of rotatable bonds is 10. The molecule has 0 fully saturated rings. The highest BCUT2D eigenvalue weighted by atomic mass is 16.3. The lowest BCUT2D eigenvalue weighted by Crippen LogP contribution is -2.20. The lowest BCUT2D eigenvalue weighted by molar-refractivity contribution is 0.0725. The highest BCUT2D eigenvalue weighted by Crippen LogP contribution is 2.12. The Balaban J connectivity index is 2.14. The summed E-state index contributed by atoms with van der Waals surface area (Å²) in [5, 5.41) is 9.86. The Bertz CT molecular complexity index is 346. The number of ketones is 1. The first-order chi connectivity index (χ1) is 9.25. The summed E-state index contributed by atoms with van der Waals surface area (Å²) < 4.78 is 0. The minimum Gasteiger partial charge on any atom is -0.385 e. The van der Waals surface area contributed by atoms with Gasteiger partial charge in [-0.1, -0.05) is 82.2 Å². The minimum atomic E-state index is -0.835. The van der Waals surface area contributed by atoms with E-state index in [1.807, 2.05) is 18.2 Å². The SMILES string of the molecule is CCCCCCCCCC(O)C(=O)c1ccccc1. The molecule has 1 aromatic carbocycles. The fraction of sp³-hybridized carbons (Fsp3) is 0.588. The predicted molar refractivity (Wildman–Crippen MR) is 79.4 cm³/mol. The van der Waals surface area contributed by atoms with E-state index >= 15 is 0 Å². The molecule has 0 heterocycles. The highest BCUT2D eigenvalue weighted by molar-refractivity contribution is 5.99. The van der Waals surface area contributed by atoms with Gasteiger partial charge in [0.25, 0.3) is 0 Å². The molecule has 0 aliphatic heterocycles. The molecule has 1 unspecified atom stereocenters. The summed E-state index contributed by atoms with van der Waals surface area (Å²) in [5.41, 5.74) is 0.609. The molecular formula is C17H26O2. The van der Waals surface area contributed by atoms with Crippen LogP contribution in [0.4, 0.5) is 0 Å². The molecule has 19 heavy (non-hydrogen) atoms. The summed E-state index contributed by atoms with van der Waals surface area (Å²) in [4.78, 5) is 11.9. The quantitative estimate of drug-likeness (QED) is 0.502. The van der Waals surface area contributed by atoms with E-state index in [-0.39, 0.29) is 5.78 Å². The fourth-order valence-corrected chi connectivity index (χ4v) is 2.22. The van der Waals surface area contributed by atoms with Gasteiger partial charge in [-0.15, -0.1) is 0 Å². The van der Waals surface area contributed by atoms with Gasteiger partial charge in [-0.2, -0.15) is 0 Å². The van der Waals surface area contributed by atoms with Crippen LogP contribution in [0.2, 0.25) is 0 Å². The zero-order valence-corrected chi connectivity index (χ0v) is 12.0. The molecule has 2 nitrogen and oxygen atoms in total. The first-order valence-corrected chi connectivity index (χ1v) is 7.53. The molecule has 1 rings (SSSR count). The van der Waals surface area contributed by atoms with Crippen LogP contribution in [0.15, 0.2) is 30.3 Å². The molecule has 0 spiro atoms. The van der Waals surface area contributed by atoms with Gasteiger partial charge in [0.15, 0.2) is 5.78 Å². The van der Waals surface area contributed by atoms with Crippen molar-refractivity contribution in [3.8, 4) is 0 Å². The Labute approximate surface area is 116 Å². The van der Waals surface area contributed by atoms with E-state index in [1.165, 1.54) is 32.1 Å². The average Bonchev–Trinajstić information content (AvgIpc) is 2.46. The molecule has 0 saturated carbocycles. The van der Waals surface area contributed by atoms with Gasteiger partial charge in [0.1, 0.15) is 6.10 Å². The van der Waals surface area contributed by atoms with Gasteiger partial charge in [0.2, 0.25) is 0 Å². The molecular weight excluding hydrogens is 236 g/mol. The number of aliphatic hydroxyl groups excluding tert-OH is 1. The number of hydrogen-bond donors (Lipinski definition) is 1. The van der Waals surface area contributed by atoms with Crippen molar-refractivity contribution in [3.63, 3.8) is 0 Å². The number of unbranched alkanes of at least 4 members (excludes halogenated alkanes) is 6. The Morgan fingerprint density at radius 2 is 1.58 bits per heavy atom. The van der Waals surface area contributed by atoms with Crippen LogP contribution < -0.4 is 0 Å². The van der Waals surface area contributed by atoms with Gasteiger partial charge < -0.3 is 5.11 Å². The summed E-state index contributed by atoms with van der Waals surface area (Å²) in [6.45, 7) is 2.21. The van der Waals surface area contributed by atoms with Crippen molar-refractivity contribution in [2.45, 2.75) is 64.4 Å². The third-order valence-electron chi connectivity index (χ3n) is 3.44. The largest absolute Gasteiger partial charge is 0.385 e. The van der Waals surface area contributed by atoms with E-state index < -0.39 is 6.10 Å². The lowest BCUT2D eigenvalue weighted by atomic mass is 10.0. The third-order valence-corrected chi connectivity index (χ3v) is 3.44. The Kier molecular flexibility index (Phi) is 8.15. The molecule has 0 radical (unpaired) electrons. The maximum absolute atomic E-state index is 11.9. The monoisotopic (exact) mass is 262 g/mol. The normalized spacial score (nSPS) is 12.3. The van der Waals surface area contributed by atoms with Crippen molar-refractivity contribution in [3.05, 3.63) is 35.9 Å². The first-order valence-electron chi connectivity index (χ1n) is 7.53. The number of carbonyl (C=O) groups is 1. The maximum Gasteiger partial charge on any atom is 0.191 e. The van der Waals surface area contributed by atoms with E-state index in [0.717, 1.165) is 12.8 Å². The van der Waals surface area contributed by atoms with Gasteiger partial charge in [-0.3, -0.25) is 4.79 Å². The molecule has 0 aromatic heterocycles. The van der Waals surface area contributed by atoms with Crippen LogP contribution in [-0.2, 0) is 0 Å². The Hall–Kier alpha value is -1.15. The molecule has 0 aliphatic carbocycles. The van der Waals surface area contributed by atoms with Gasteiger partial charge in [-0.05, 0) is 6.42 Å².